The largest absolute Gasteiger partial charge is 0.499 e. The number of hydrogen-bond acceptors (Lipinski definition) is 6. The first-order chi connectivity index (χ1) is 8.50. The molecule has 0 bridgehead atoms. The van der Waals surface area contributed by atoms with Gasteiger partial charge in [-0.25, -0.2) is 0 Å². The summed E-state index contributed by atoms with van der Waals surface area (Å²) in [6, 6.07) is 0. The van der Waals surface area contributed by atoms with E-state index in [1.54, 1.807) is 12.3 Å². The van der Waals surface area contributed by atoms with Crippen LogP contribution in [0.2, 0.25) is 0 Å². The molecule has 1 atom stereocenters. The third-order valence-corrected chi connectivity index (χ3v) is 4.28. The molecule has 1 saturated heterocycles. The summed E-state index contributed by atoms with van der Waals surface area (Å²) in [5, 5.41) is 15.4. The van der Waals surface area contributed by atoms with E-state index in [0.29, 0.717) is 30.7 Å². The summed E-state index contributed by atoms with van der Waals surface area (Å²) in [5.74, 6) is -0.0239. The first-order valence-corrected chi connectivity index (χ1v) is 6.48. The number of fused-ring (bicyclic) bond motifs is 1. The van der Waals surface area contributed by atoms with Gasteiger partial charge in [0, 0.05) is 11.8 Å². The molecule has 1 aromatic rings. The highest BCUT2D eigenvalue weighted by molar-refractivity contribution is 7.12. The lowest BCUT2D eigenvalue weighted by atomic mass is 9.90. The van der Waals surface area contributed by atoms with E-state index in [9.17, 15) is 14.7 Å². The first kappa shape index (κ1) is 11.5. The number of hydroxylamine groups is 2. The van der Waals surface area contributed by atoms with Crippen LogP contribution >= 0.6 is 11.3 Å². The Kier molecular flexibility index (Phi) is 2.36. The monoisotopic (exact) mass is 268 g/mol. The van der Waals surface area contributed by atoms with E-state index >= 15 is 0 Å². The van der Waals surface area contributed by atoms with Crippen molar-refractivity contribution >= 4 is 23.2 Å². The minimum atomic E-state index is -0.878. The molecule has 0 saturated carbocycles. The van der Waals surface area contributed by atoms with Gasteiger partial charge >= 0.3 is 0 Å². The zero-order chi connectivity index (χ0) is 12.9. The van der Waals surface area contributed by atoms with E-state index < -0.39 is 5.54 Å². The molecule has 96 valence electrons. The molecule has 6 nitrogen and oxygen atoms in total. The number of piperidine rings is 1. The lowest BCUT2D eigenvalue weighted by molar-refractivity contribution is -0.169. The quantitative estimate of drug-likeness (QED) is 0.735. The summed E-state index contributed by atoms with van der Waals surface area (Å²) in [6.45, 7) is 2.09. The second kappa shape index (κ2) is 3.69. The molecule has 2 aliphatic heterocycles. The van der Waals surface area contributed by atoms with Crippen LogP contribution in [0.3, 0.4) is 0 Å². The smallest absolute Gasteiger partial charge is 0.250 e. The first-order valence-electron chi connectivity index (χ1n) is 5.60. The van der Waals surface area contributed by atoms with E-state index in [0.717, 1.165) is 0 Å². The Morgan fingerprint density at radius 2 is 2.33 bits per heavy atom. The van der Waals surface area contributed by atoms with E-state index in [1.165, 1.54) is 16.4 Å². The maximum absolute atomic E-state index is 12.0. The summed E-state index contributed by atoms with van der Waals surface area (Å²) in [4.78, 5) is 28.7. The molecule has 1 aromatic heterocycles. The number of nitrogens with one attached hydrogen (secondary N) is 1. The van der Waals surface area contributed by atoms with Crippen molar-refractivity contribution in [1.29, 1.82) is 0 Å². The van der Waals surface area contributed by atoms with Gasteiger partial charge in [0.1, 0.15) is 5.54 Å². The number of carbonyl (C=O) groups excluding carboxylic acids is 2. The SMILES string of the molecule is C[C@]1(N2Cc3c(csc3O)O2)CCC(=O)NC1=O. The molecule has 1 fully saturated rings. The Labute approximate surface area is 107 Å². The van der Waals surface area contributed by atoms with Gasteiger partial charge in [-0.1, -0.05) is 0 Å². The van der Waals surface area contributed by atoms with Gasteiger partial charge in [-0.15, -0.1) is 16.4 Å². The van der Waals surface area contributed by atoms with Crippen LogP contribution in [0.5, 0.6) is 10.8 Å². The van der Waals surface area contributed by atoms with Gasteiger partial charge in [0.15, 0.2) is 10.8 Å². The maximum Gasteiger partial charge on any atom is 0.250 e. The minimum Gasteiger partial charge on any atom is -0.499 e. The standard InChI is InChI=1S/C11H12N2O4S/c1-11(3-2-8(14)12-10(11)16)13-4-6-7(17-13)5-18-9(6)15/h5,15H,2-4H2,1H3,(H,12,14,16)/t11-/m0/s1. The Morgan fingerprint density at radius 3 is 3.00 bits per heavy atom. The average molecular weight is 268 g/mol. The zero-order valence-corrected chi connectivity index (χ0v) is 10.5. The van der Waals surface area contributed by atoms with Crippen molar-refractivity contribution in [2.75, 3.05) is 0 Å². The average Bonchev–Trinajstić information content (AvgIpc) is 2.88. The van der Waals surface area contributed by atoms with Crippen LogP contribution in [-0.4, -0.2) is 27.5 Å². The van der Waals surface area contributed by atoms with Gasteiger partial charge < -0.3 is 9.94 Å². The third kappa shape index (κ3) is 1.51. The summed E-state index contributed by atoms with van der Waals surface area (Å²) < 4.78 is 0. The molecular weight excluding hydrogens is 256 g/mol. The summed E-state index contributed by atoms with van der Waals surface area (Å²) in [5.41, 5.74) is -0.178. The molecule has 0 aromatic carbocycles. The molecule has 0 radical (unpaired) electrons. The van der Waals surface area contributed by atoms with Gasteiger partial charge in [0.2, 0.25) is 11.8 Å². The number of imide groups is 1. The summed E-state index contributed by atoms with van der Waals surface area (Å²) in [7, 11) is 0. The van der Waals surface area contributed by atoms with Crippen molar-refractivity contribution in [2.24, 2.45) is 0 Å². The number of hydrogen-bond donors (Lipinski definition) is 2. The highest BCUT2D eigenvalue weighted by Crippen LogP contribution is 2.43. The normalized spacial score (nSPS) is 27.8. The van der Waals surface area contributed by atoms with Crippen LogP contribution in [0.1, 0.15) is 25.3 Å². The van der Waals surface area contributed by atoms with E-state index in [-0.39, 0.29) is 16.9 Å². The molecule has 3 rings (SSSR count). The van der Waals surface area contributed by atoms with Crippen molar-refractivity contribution in [3.05, 3.63) is 10.9 Å². The Balaban J connectivity index is 1.85. The predicted molar refractivity (Wildman–Crippen MR) is 62.9 cm³/mol. The third-order valence-electron chi connectivity index (χ3n) is 3.47. The minimum absolute atomic E-state index is 0.211. The Hall–Kier alpha value is -1.60. The van der Waals surface area contributed by atoms with E-state index in [4.69, 9.17) is 4.84 Å². The molecule has 2 N–H and O–H groups in total. The maximum atomic E-state index is 12.0. The zero-order valence-electron chi connectivity index (χ0n) is 9.73. The van der Waals surface area contributed by atoms with Crippen LogP contribution in [0.15, 0.2) is 5.38 Å². The number of thiophene rings is 1. The molecular formula is C11H12N2O4S. The van der Waals surface area contributed by atoms with Gasteiger partial charge in [-0.05, 0) is 13.3 Å². The fraction of sp³-hybridized carbons (Fsp3) is 0.455. The van der Waals surface area contributed by atoms with Crippen LogP contribution in [0.4, 0.5) is 0 Å². The lowest BCUT2D eigenvalue weighted by Gasteiger charge is -2.37. The second-order valence-corrected chi connectivity index (χ2v) is 5.52. The molecule has 0 unspecified atom stereocenters. The highest BCUT2D eigenvalue weighted by Gasteiger charge is 2.48. The Morgan fingerprint density at radius 1 is 1.56 bits per heavy atom. The molecule has 0 spiro atoms. The van der Waals surface area contributed by atoms with Crippen LogP contribution in [0, 0.1) is 0 Å². The van der Waals surface area contributed by atoms with E-state index in [1.807, 2.05) is 0 Å². The number of rotatable bonds is 1. The van der Waals surface area contributed by atoms with Crippen molar-refractivity contribution in [2.45, 2.75) is 31.8 Å². The predicted octanol–water partition coefficient (Wildman–Crippen LogP) is 0.758. The number of carbonyl (C=O) groups is 2. The highest BCUT2D eigenvalue weighted by atomic mass is 32.1. The molecule has 2 amide bonds. The number of amides is 2. The second-order valence-electron chi connectivity index (χ2n) is 4.66. The van der Waals surface area contributed by atoms with Crippen LogP contribution < -0.4 is 10.2 Å². The molecule has 3 heterocycles. The van der Waals surface area contributed by atoms with Gasteiger partial charge in [0.05, 0.1) is 12.1 Å². The van der Waals surface area contributed by atoms with Crippen LogP contribution in [0.25, 0.3) is 0 Å². The van der Waals surface area contributed by atoms with Crippen molar-refractivity contribution in [3.8, 4) is 10.8 Å². The fourth-order valence-corrected chi connectivity index (χ4v) is 2.89. The topological polar surface area (TPSA) is 78.9 Å². The molecule has 0 aliphatic carbocycles. The van der Waals surface area contributed by atoms with Gasteiger partial charge in [0.25, 0.3) is 0 Å². The van der Waals surface area contributed by atoms with E-state index in [2.05, 4.69) is 5.32 Å². The van der Waals surface area contributed by atoms with Crippen molar-refractivity contribution < 1.29 is 19.5 Å². The van der Waals surface area contributed by atoms with Crippen LogP contribution in [-0.2, 0) is 16.1 Å². The fourth-order valence-electron chi connectivity index (χ4n) is 2.18. The Bertz CT molecular complexity index is 541. The molecule has 7 heteroatoms. The van der Waals surface area contributed by atoms with Gasteiger partial charge in [-0.3, -0.25) is 14.9 Å². The number of aromatic hydroxyl groups is 1. The summed E-state index contributed by atoms with van der Waals surface area (Å²) >= 11 is 1.20. The van der Waals surface area contributed by atoms with Crippen molar-refractivity contribution in [1.82, 2.24) is 10.4 Å². The molecule has 2 aliphatic rings. The van der Waals surface area contributed by atoms with Gasteiger partial charge in [-0.2, -0.15) is 0 Å². The molecule has 18 heavy (non-hydrogen) atoms. The lowest BCUT2D eigenvalue weighted by Crippen LogP contribution is -2.60. The number of nitrogens with zero attached hydrogens (tertiary/aromatic N) is 1. The summed E-state index contributed by atoms with van der Waals surface area (Å²) in [6.07, 6.45) is 0.701. The van der Waals surface area contributed by atoms with Crippen molar-refractivity contribution in [3.63, 3.8) is 0 Å².